The van der Waals surface area contributed by atoms with Crippen molar-refractivity contribution in [1.82, 2.24) is 0 Å². The van der Waals surface area contributed by atoms with E-state index < -0.39 is 51.8 Å². The number of aliphatic hydroxyl groups is 3. The van der Waals surface area contributed by atoms with Gasteiger partial charge in [-0.2, -0.15) is 0 Å². The van der Waals surface area contributed by atoms with Crippen LogP contribution in [0.1, 0.15) is 136 Å². The number of hydrogen-bond donors (Lipinski definition) is 4. The first kappa shape index (κ1) is 51.4. The highest BCUT2D eigenvalue weighted by Gasteiger charge is 2.27. The van der Waals surface area contributed by atoms with Gasteiger partial charge in [0, 0.05) is 12.8 Å². The number of hydrogen-bond acceptors (Lipinski definition) is 10. The van der Waals surface area contributed by atoms with Crippen LogP contribution in [-0.4, -0.2) is 76.9 Å². The first-order valence-electron chi connectivity index (χ1n) is 20.0. The van der Waals surface area contributed by atoms with Crippen molar-refractivity contribution in [3.63, 3.8) is 0 Å². The molecule has 0 rings (SSSR count). The fourth-order valence-electron chi connectivity index (χ4n) is 4.74. The zero-order valence-electron chi connectivity index (χ0n) is 33.0. The minimum atomic E-state index is -4.64. The summed E-state index contributed by atoms with van der Waals surface area (Å²) in [7, 11) is -4.64. The minimum absolute atomic E-state index is 0.144. The number of carbonyl (C=O) groups is 2. The molecule has 1 unspecified atom stereocenters. The molecule has 0 aliphatic carbocycles. The van der Waals surface area contributed by atoms with Crippen LogP contribution in [0.2, 0.25) is 0 Å². The Morgan fingerprint density at radius 2 is 1.17 bits per heavy atom. The highest BCUT2D eigenvalue weighted by molar-refractivity contribution is 7.47. The summed E-state index contributed by atoms with van der Waals surface area (Å²) in [5.74, 6) is -1.03. The molecule has 0 saturated heterocycles. The Balaban J connectivity index is 4.48. The van der Waals surface area contributed by atoms with Crippen LogP contribution < -0.4 is 0 Å². The molecule has 0 aromatic carbocycles. The summed E-state index contributed by atoms with van der Waals surface area (Å²) < 4.78 is 32.5. The summed E-state index contributed by atoms with van der Waals surface area (Å²) in [4.78, 5) is 34.9. The van der Waals surface area contributed by atoms with Crippen molar-refractivity contribution in [1.29, 1.82) is 0 Å². The Hall–Kier alpha value is -2.63. The first-order chi connectivity index (χ1) is 26.1. The molecule has 0 aliphatic heterocycles. The van der Waals surface area contributed by atoms with E-state index in [1.807, 2.05) is 37.3 Å². The number of esters is 2. The summed E-state index contributed by atoms with van der Waals surface area (Å²) in [6.07, 6.45) is 38.3. The summed E-state index contributed by atoms with van der Waals surface area (Å²) in [5, 5.41) is 27.7. The van der Waals surface area contributed by atoms with E-state index in [2.05, 4.69) is 47.9 Å². The predicted octanol–water partition coefficient (Wildman–Crippen LogP) is 9.08. The third-order valence-corrected chi connectivity index (χ3v) is 8.95. The molecule has 0 fully saturated rings. The summed E-state index contributed by atoms with van der Waals surface area (Å²) in [6.45, 7) is 1.92. The number of rotatable bonds is 36. The molecule has 0 saturated carbocycles. The van der Waals surface area contributed by atoms with Crippen molar-refractivity contribution < 1.29 is 52.9 Å². The Morgan fingerprint density at radius 1 is 0.630 bits per heavy atom. The maximum atomic E-state index is 12.6. The molecule has 0 aliphatic rings. The standard InChI is InChI=1S/C42H71O11P/c1-3-5-6-7-8-9-10-13-18-21-24-27-30-33-42(47)53-40(37-52-54(48,49)51-35-39(45)34-43)36-50-41(46)32-29-26-23-20-17-15-12-11-14-16-19-22-25-28-31-38(44)4-2/h9-10,12,14-16,20,22-23,25,28,31,38-40,43-45H,3-8,11,13,17-19,21,24,26-27,29-30,32-37H2,1-2H3,(H,48,49)/b10-9-,15-12-,16-14-,23-20-,25-22-,31-28+/t38-,39-,40+/m0/s1. The van der Waals surface area contributed by atoms with Crippen LogP contribution in [0.15, 0.2) is 72.9 Å². The smallest absolute Gasteiger partial charge is 0.462 e. The molecular weight excluding hydrogens is 711 g/mol. The number of unbranched alkanes of at least 4 members (excludes halogenated alkanes) is 10. The largest absolute Gasteiger partial charge is 0.472 e. The van der Waals surface area contributed by atoms with Gasteiger partial charge in [0.2, 0.25) is 0 Å². The SMILES string of the molecule is CCCCCC/C=C\CCCCCCCC(=O)O[C@H](COC(=O)CCC/C=C\C/C=C\C/C=C\C/C=C\C=C\[C@@H](O)CC)COP(=O)(O)OC[C@@H](O)CO. The zero-order chi connectivity index (χ0) is 40.0. The van der Waals surface area contributed by atoms with E-state index in [1.54, 1.807) is 6.08 Å². The van der Waals surface area contributed by atoms with Gasteiger partial charge in [0.1, 0.15) is 12.7 Å². The van der Waals surface area contributed by atoms with Gasteiger partial charge in [-0.15, -0.1) is 0 Å². The van der Waals surface area contributed by atoms with Crippen LogP contribution in [-0.2, 0) is 32.7 Å². The zero-order valence-corrected chi connectivity index (χ0v) is 33.9. The van der Waals surface area contributed by atoms with E-state index in [-0.39, 0.29) is 25.6 Å². The lowest BCUT2D eigenvalue weighted by molar-refractivity contribution is -0.161. The first-order valence-corrected chi connectivity index (χ1v) is 21.5. The molecule has 12 heteroatoms. The molecule has 0 spiro atoms. The normalized spacial score (nSPS) is 15.3. The second kappa shape index (κ2) is 37.3. The Morgan fingerprint density at radius 3 is 1.81 bits per heavy atom. The Bertz CT molecular complexity index is 1150. The summed E-state index contributed by atoms with van der Waals surface area (Å²) in [5.41, 5.74) is 0. The van der Waals surface area contributed by atoms with Crippen molar-refractivity contribution in [2.24, 2.45) is 0 Å². The maximum absolute atomic E-state index is 12.6. The van der Waals surface area contributed by atoms with Gasteiger partial charge >= 0.3 is 19.8 Å². The molecule has 0 bridgehead atoms. The molecule has 4 atom stereocenters. The number of allylic oxidation sites excluding steroid dienone is 11. The van der Waals surface area contributed by atoms with Gasteiger partial charge in [0.05, 0.1) is 25.9 Å². The second-order valence-corrected chi connectivity index (χ2v) is 14.6. The Labute approximate surface area is 325 Å². The monoisotopic (exact) mass is 782 g/mol. The molecular formula is C42H71O11P. The van der Waals surface area contributed by atoms with Crippen molar-refractivity contribution >= 4 is 19.8 Å². The van der Waals surface area contributed by atoms with Gasteiger partial charge in [-0.25, -0.2) is 4.57 Å². The number of ether oxygens (including phenoxy) is 2. The highest BCUT2D eigenvalue weighted by Crippen LogP contribution is 2.43. The van der Waals surface area contributed by atoms with Crippen LogP contribution in [0.5, 0.6) is 0 Å². The fourth-order valence-corrected chi connectivity index (χ4v) is 5.53. The topological polar surface area (TPSA) is 169 Å². The fraction of sp³-hybridized carbons (Fsp3) is 0.667. The van der Waals surface area contributed by atoms with Gasteiger partial charge in [-0.05, 0) is 70.6 Å². The molecule has 0 amide bonds. The van der Waals surface area contributed by atoms with Gasteiger partial charge in [-0.3, -0.25) is 18.6 Å². The van der Waals surface area contributed by atoms with Crippen LogP contribution in [0.25, 0.3) is 0 Å². The minimum Gasteiger partial charge on any atom is -0.462 e. The third-order valence-electron chi connectivity index (χ3n) is 8.00. The van der Waals surface area contributed by atoms with E-state index in [1.165, 1.54) is 25.7 Å². The van der Waals surface area contributed by atoms with Crippen molar-refractivity contribution in [3.05, 3.63) is 72.9 Å². The lowest BCUT2D eigenvalue weighted by Crippen LogP contribution is -2.29. The van der Waals surface area contributed by atoms with E-state index in [0.29, 0.717) is 25.7 Å². The molecule has 0 heterocycles. The second-order valence-electron chi connectivity index (χ2n) is 13.1. The van der Waals surface area contributed by atoms with Crippen LogP contribution in [0.4, 0.5) is 0 Å². The molecule has 0 radical (unpaired) electrons. The number of phosphoric ester groups is 1. The van der Waals surface area contributed by atoms with Gasteiger partial charge < -0.3 is 29.7 Å². The van der Waals surface area contributed by atoms with Crippen molar-refractivity contribution in [2.75, 3.05) is 26.4 Å². The van der Waals surface area contributed by atoms with E-state index in [0.717, 1.165) is 57.8 Å². The van der Waals surface area contributed by atoms with Crippen molar-refractivity contribution in [3.8, 4) is 0 Å². The van der Waals surface area contributed by atoms with Crippen LogP contribution >= 0.6 is 7.82 Å². The van der Waals surface area contributed by atoms with Crippen LogP contribution in [0, 0.1) is 0 Å². The van der Waals surface area contributed by atoms with E-state index in [4.69, 9.17) is 19.1 Å². The molecule has 11 nitrogen and oxygen atoms in total. The summed E-state index contributed by atoms with van der Waals surface area (Å²) >= 11 is 0. The molecule has 4 N–H and O–H groups in total. The number of carbonyl (C=O) groups excluding carboxylic acids is 2. The third kappa shape index (κ3) is 36.4. The average molecular weight is 783 g/mol. The van der Waals surface area contributed by atoms with Crippen molar-refractivity contribution in [2.45, 2.75) is 154 Å². The molecule has 0 aromatic rings. The van der Waals surface area contributed by atoms with Gasteiger partial charge in [0.25, 0.3) is 0 Å². The van der Waals surface area contributed by atoms with E-state index in [9.17, 15) is 29.3 Å². The quantitative estimate of drug-likeness (QED) is 0.0157. The number of aliphatic hydroxyl groups excluding tert-OH is 3. The Kier molecular flexibility index (Phi) is 35.5. The van der Waals surface area contributed by atoms with Gasteiger partial charge in [-0.1, -0.05) is 125 Å². The van der Waals surface area contributed by atoms with E-state index >= 15 is 0 Å². The lowest BCUT2D eigenvalue weighted by Gasteiger charge is -2.20. The van der Waals surface area contributed by atoms with Gasteiger partial charge in [0.15, 0.2) is 6.10 Å². The maximum Gasteiger partial charge on any atom is 0.472 e. The average Bonchev–Trinajstić information content (AvgIpc) is 3.16. The summed E-state index contributed by atoms with van der Waals surface area (Å²) in [6, 6.07) is 0. The van der Waals surface area contributed by atoms with Crippen LogP contribution in [0.3, 0.4) is 0 Å². The predicted molar refractivity (Wildman–Crippen MR) is 216 cm³/mol. The molecule has 0 aromatic heterocycles. The number of phosphoric acid groups is 1. The highest BCUT2D eigenvalue weighted by atomic mass is 31.2. The molecule has 310 valence electrons. The molecule has 54 heavy (non-hydrogen) atoms. The lowest BCUT2D eigenvalue weighted by atomic mass is 10.1.